The molecule has 0 radical (unpaired) electrons. The second-order valence-corrected chi connectivity index (χ2v) is 5.11. The SMILES string of the molecule is CCCC(CBr)(CCC)COCCC(F)(F)F. The van der Waals surface area contributed by atoms with Crippen molar-refractivity contribution in [2.24, 2.45) is 5.41 Å². The van der Waals surface area contributed by atoms with E-state index in [-0.39, 0.29) is 12.0 Å². The third kappa shape index (κ3) is 8.03. The van der Waals surface area contributed by atoms with E-state index in [0.717, 1.165) is 31.0 Å². The molecule has 0 fully saturated rings. The number of hydrogen-bond donors (Lipinski definition) is 0. The summed E-state index contributed by atoms with van der Waals surface area (Å²) in [5.41, 5.74) is -0.00486. The van der Waals surface area contributed by atoms with Crippen molar-refractivity contribution in [3.8, 4) is 0 Å². The first-order valence-electron chi connectivity index (χ1n) is 6.09. The highest BCUT2D eigenvalue weighted by atomic mass is 79.9. The summed E-state index contributed by atoms with van der Waals surface area (Å²) in [4.78, 5) is 0. The highest BCUT2D eigenvalue weighted by Gasteiger charge is 2.30. The van der Waals surface area contributed by atoms with Crippen LogP contribution in [0.5, 0.6) is 0 Å². The molecular formula is C12H22BrF3O. The van der Waals surface area contributed by atoms with Crippen molar-refractivity contribution in [1.82, 2.24) is 0 Å². The van der Waals surface area contributed by atoms with E-state index < -0.39 is 12.6 Å². The van der Waals surface area contributed by atoms with Crippen LogP contribution in [-0.2, 0) is 4.74 Å². The molecule has 0 heterocycles. The zero-order valence-corrected chi connectivity index (χ0v) is 12.2. The number of alkyl halides is 4. The molecular weight excluding hydrogens is 297 g/mol. The molecule has 1 nitrogen and oxygen atoms in total. The van der Waals surface area contributed by atoms with Crippen molar-refractivity contribution in [2.45, 2.75) is 52.1 Å². The van der Waals surface area contributed by atoms with Crippen molar-refractivity contribution < 1.29 is 17.9 Å². The van der Waals surface area contributed by atoms with E-state index in [9.17, 15) is 13.2 Å². The Hall–Kier alpha value is 0.230. The predicted molar refractivity (Wildman–Crippen MR) is 67.5 cm³/mol. The largest absolute Gasteiger partial charge is 0.391 e. The van der Waals surface area contributed by atoms with Crippen LogP contribution in [-0.4, -0.2) is 24.7 Å². The second kappa shape index (κ2) is 8.35. The molecule has 0 atom stereocenters. The summed E-state index contributed by atoms with van der Waals surface area (Å²) in [6.07, 6.45) is -0.963. The summed E-state index contributed by atoms with van der Waals surface area (Å²) in [5.74, 6) is 0. The van der Waals surface area contributed by atoms with Crippen LogP contribution in [0.2, 0.25) is 0 Å². The van der Waals surface area contributed by atoms with Gasteiger partial charge in [0.05, 0.1) is 19.6 Å². The summed E-state index contributed by atoms with van der Waals surface area (Å²) in [7, 11) is 0. The van der Waals surface area contributed by atoms with Crippen molar-refractivity contribution in [1.29, 1.82) is 0 Å². The Kier molecular flexibility index (Phi) is 8.47. The smallest absolute Gasteiger partial charge is 0.380 e. The van der Waals surface area contributed by atoms with Crippen LogP contribution < -0.4 is 0 Å². The van der Waals surface area contributed by atoms with Gasteiger partial charge >= 0.3 is 6.18 Å². The Bertz CT molecular complexity index is 189. The van der Waals surface area contributed by atoms with Crippen molar-refractivity contribution >= 4 is 15.9 Å². The predicted octanol–water partition coefficient (Wildman–Crippen LogP) is 4.94. The molecule has 0 unspecified atom stereocenters. The third-order valence-electron chi connectivity index (χ3n) is 2.78. The van der Waals surface area contributed by atoms with Crippen molar-refractivity contribution in [3.05, 3.63) is 0 Å². The lowest BCUT2D eigenvalue weighted by molar-refractivity contribution is -0.147. The van der Waals surface area contributed by atoms with Gasteiger partial charge in [-0.05, 0) is 12.8 Å². The summed E-state index contributed by atoms with van der Waals surface area (Å²) < 4.78 is 41.1. The standard InChI is InChI=1S/C12H22BrF3O/c1-3-5-11(9-13,6-4-2)10-17-8-7-12(14,15)16/h3-10H2,1-2H3. The molecule has 0 aliphatic rings. The van der Waals surface area contributed by atoms with Gasteiger partial charge in [-0.2, -0.15) is 13.2 Å². The van der Waals surface area contributed by atoms with E-state index >= 15 is 0 Å². The molecule has 0 rings (SSSR count). The Morgan fingerprint density at radius 3 is 1.88 bits per heavy atom. The number of halogens is 4. The lowest BCUT2D eigenvalue weighted by Gasteiger charge is -2.31. The molecule has 0 aromatic heterocycles. The number of hydrogen-bond acceptors (Lipinski definition) is 1. The van der Waals surface area contributed by atoms with E-state index in [1.165, 1.54) is 0 Å². The van der Waals surface area contributed by atoms with Gasteiger partial charge in [-0.3, -0.25) is 0 Å². The molecule has 17 heavy (non-hydrogen) atoms. The van der Waals surface area contributed by atoms with E-state index in [2.05, 4.69) is 29.8 Å². The second-order valence-electron chi connectivity index (χ2n) is 4.55. The lowest BCUT2D eigenvalue weighted by atomic mass is 9.82. The van der Waals surface area contributed by atoms with Gasteiger partial charge in [-0.15, -0.1) is 0 Å². The maximum atomic E-state index is 12.0. The van der Waals surface area contributed by atoms with Gasteiger partial charge in [-0.25, -0.2) is 0 Å². The van der Waals surface area contributed by atoms with E-state index in [1.807, 2.05) is 0 Å². The van der Waals surface area contributed by atoms with Crippen LogP contribution in [0.4, 0.5) is 13.2 Å². The van der Waals surface area contributed by atoms with Crippen LogP contribution in [0, 0.1) is 5.41 Å². The third-order valence-corrected chi connectivity index (χ3v) is 3.97. The fourth-order valence-corrected chi connectivity index (χ4v) is 2.70. The van der Waals surface area contributed by atoms with Gasteiger partial charge in [0, 0.05) is 10.7 Å². The fraction of sp³-hybridized carbons (Fsp3) is 1.00. The Morgan fingerprint density at radius 2 is 1.53 bits per heavy atom. The first-order valence-corrected chi connectivity index (χ1v) is 7.22. The van der Waals surface area contributed by atoms with Crippen LogP contribution in [0.3, 0.4) is 0 Å². The van der Waals surface area contributed by atoms with E-state index in [4.69, 9.17) is 4.74 Å². The average molecular weight is 319 g/mol. The molecule has 0 aliphatic carbocycles. The molecule has 0 spiro atoms. The Labute approximate surface area is 110 Å². The molecule has 0 amide bonds. The zero-order chi connectivity index (χ0) is 13.4. The van der Waals surface area contributed by atoms with Gasteiger partial charge in [0.1, 0.15) is 0 Å². The van der Waals surface area contributed by atoms with Gasteiger partial charge in [0.25, 0.3) is 0 Å². The highest BCUT2D eigenvalue weighted by molar-refractivity contribution is 9.09. The minimum Gasteiger partial charge on any atom is -0.380 e. The molecule has 0 aromatic carbocycles. The summed E-state index contributed by atoms with van der Waals surface area (Å²) in [6, 6.07) is 0. The number of rotatable bonds is 9. The van der Waals surface area contributed by atoms with E-state index in [1.54, 1.807) is 0 Å². The van der Waals surface area contributed by atoms with Gasteiger partial charge in [0.2, 0.25) is 0 Å². The van der Waals surface area contributed by atoms with Crippen LogP contribution in [0.1, 0.15) is 46.0 Å². The molecule has 0 bridgehead atoms. The van der Waals surface area contributed by atoms with Gasteiger partial charge < -0.3 is 4.74 Å². The molecule has 0 saturated carbocycles. The topological polar surface area (TPSA) is 9.23 Å². The monoisotopic (exact) mass is 318 g/mol. The Morgan fingerprint density at radius 1 is 1.00 bits per heavy atom. The molecule has 104 valence electrons. The molecule has 0 aliphatic heterocycles. The zero-order valence-electron chi connectivity index (χ0n) is 10.6. The van der Waals surface area contributed by atoms with E-state index in [0.29, 0.717) is 6.61 Å². The highest BCUT2D eigenvalue weighted by Crippen LogP contribution is 2.32. The molecule has 0 saturated heterocycles. The summed E-state index contributed by atoms with van der Waals surface area (Å²) >= 11 is 3.46. The normalized spacial score (nSPS) is 13.1. The maximum absolute atomic E-state index is 12.0. The van der Waals surface area contributed by atoms with Crippen LogP contribution in [0.15, 0.2) is 0 Å². The molecule has 0 N–H and O–H groups in total. The minimum atomic E-state index is -4.12. The first-order chi connectivity index (χ1) is 7.89. The average Bonchev–Trinajstić information content (AvgIpc) is 2.23. The van der Waals surface area contributed by atoms with Gasteiger partial charge in [-0.1, -0.05) is 42.6 Å². The lowest BCUT2D eigenvalue weighted by Crippen LogP contribution is -2.29. The summed E-state index contributed by atoms with van der Waals surface area (Å²) in [5, 5.41) is 0.785. The Balaban J connectivity index is 4.07. The number of ether oxygens (including phenoxy) is 1. The van der Waals surface area contributed by atoms with Crippen molar-refractivity contribution in [3.63, 3.8) is 0 Å². The summed E-state index contributed by atoms with van der Waals surface area (Å²) in [6.45, 7) is 4.35. The molecule has 0 aromatic rings. The quantitative estimate of drug-likeness (QED) is 0.432. The van der Waals surface area contributed by atoms with Crippen LogP contribution >= 0.6 is 15.9 Å². The molecule has 5 heteroatoms. The fourth-order valence-electron chi connectivity index (χ4n) is 1.98. The maximum Gasteiger partial charge on any atom is 0.391 e. The van der Waals surface area contributed by atoms with Crippen LogP contribution in [0.25, 0.3) is 0 Å². The first kappa shape index (κ1) is 17.2. The van der Waals surface area contributed by atoms with Crippen molar-refractivity contribution in [2.75, 3.05) is 18.5 Å². The van der Waals surface area contributed by atoms with Gasteiger partial charge in [0.15, 0.2) is 0 Å². The minimum absolute atomic E-state index is 0.00486.